The number of aliphatic hydroxyl groups excluding tert-OH is 1. The quantitative estimate of drug-likeness (QED) is 0.308. The molecule has 10 atom stereocenters. The van der Waals surface area contributed by atoms with Gasteiger partial charge >= 0.3 is 5.97 Å². The SMILES string of the molecule is C[C@H](CCC(=O)NC(CCCCN)C(=O)O)C1CC[C@H]2[C@@H]3CC[C@@H]4C[C@H](O)CC[C@]4(C)[C@H]3CC[C@]12C. The Morgan fingerprint density at radius 1 is 0.972 bits per heavy atom. The molecule has 4 rings (SSSR count). The van der Waals surface area contributed by atoms with Crippen molar-refractivity contribution in [2.75, 3.05) is 6.54 Å². The van der Waals surface area contributed by atoms with Gasteiger partial charge in [0.15, 0.2) is 0 Å². The fourth-order valence-corrected chi connectivity index (χ4v) is 9.79. The molecule has 0 spiro atoms. The molecule has 0 bridgehead atoms. The molecule has 0 saturated heterocycles. The van der Waals surface area contributed by atoms with E-state index in [4.69, 9.17) is 5.73 Å². The van der Waals surface area contributed by atoms with E-state index < -0.39 is 12.0 Å². The molecule has 0 aromatic heterocycles. The fourth-order valence-electron chi connectivity index (χ4n) is 9.79. The van der Waals surface area contributed by atoms with Gasteiger partial charge in [-0.2, -0.15) is 0 Å². The number of carbonyl (C=O) groups is 2. The molecule has 0 aromatic rings. The average molecular weight is 505 g/mol. The minimum Gasteiger partial charge on any atom is -0.480 e. The number of aliphatic carboxylic acids is 1. The Bertz CT molecular complexity index is 789. The maximum absolute atomic E-state index is 12.6. The zero-order valence-electron chi connectivity index (χ0n) is 23.0. The lowest BCUT2D eigenvalue weighted by atomic mass is 9.44. The molecular formula is C30H52N2O4. The van der Waals surface area contributed by atoms with Gasteiger partial charge in [0.25, 0.3) is 0 Å². The smallest absolute Gasteiger partial charge is 0.326 e. The van der Waals surface area contributed by atoms with E-state index in [1.807, 2.05) is 0 Å². The molecule has 36 heavy (non-hydrogen) atoms. The largest absolute Gasteiger partial charge is 0.480 e. The van der Waals surface area contributed by atoms with Crippen LogP contribution in [0.2, 0.25) is 0 Å². The summed E-state index contributed by atoms with van der Waals surface area (Å²) in [6.45, 7) is 7.98. The highest BCUT2D eigenvalue weighted by atomic mass is 16.4. The average Bonchev–Trinajstić information content (AvgIpc) is 3.19. The second kappa shape index (κ2) is 11.3. The van der Waals surface area contributed by atoms with Crippen molar-refractivity contribution in [1.29, 1.82) is 0 Å². The van der Waals surface area contributed by atoms with Gasteiger partial charge in [-0.15, -0.1) is 0 Å². The summed E-state index contributed by atoms with van der Waals surface area (Å²) in [6.07, 6.45) is 14.1. The first-order chi connectivity index (χ1) is 17.1. The van der Waals surface area contributed by atoms with Crippen LogP contribution in [-0.2, 0) is 9.59 Å². The molecule has 5 N–H and O–H groups in total. The lowest BCUT2D eigenvalue weighted by Gasteiger charge is -2.61. The normalized spacial score (nSPS) is 41.5. The molecule has 0 aromatic carbocycles. The van der Waals surface area contributed by atoms with E-state index >= 15 is 0 Å². The number of hydrogen-bond acceptors (Lipinski definition) is 4. The maximum atomic E-state index is 12.6. The third-order valence-corrected chi connectivity index (χ3v) is 11.8. The number of carboxylic acid groups (broad SMARTS) is 1. The number of nitrogens with one attached hydrogen (secondary N) is 1. The van der Waals surface area contributed by atoms with Gasteiger partial charge in [0.05, 0.1) is 6.10 Å². The van der Waals surface area contributed by atoms with Gasteiger partial charge in [0.2, 0.25) is 5.91 Å². The van der Waals surface area contributed by atoms with Crippen LogP contribution >= 0.6 is 0 Å². The van der Waals surface area contributed by atoms with Crippen molar-refractivity contribution in [1.82, 2.24) is 5.32 Å². The van der Waals surface area contributed by atoms with Crippen LogP contribution in [-0.4, -0.2) is 40.8 Å². The van der Waals surface area contributed by atoms with Crippen molar-refractivity contribution in [3.05, 3.63) is 0 Å². The Morgan fingerprint density at radius 2 is 1.69 bits per heavy atom. The van der Waals surface area contributed by atoms with Gasteiger partial charge in [-0.1, -0.05) is 20.8 Å². The summed E-state index contributed by atoms with van der Waals surface area (Å²) in [4.78, 5) is 24.2. The lowest BCUT2D eigenvalue weighted by molar-refractivity contribution is -0.142. The van der Waals surface area contributed by atoms with Crippen LogP contribution in [0.15, 0.2) is 0 Å². The number of fused-ring (bicyclic) bond motifs is 5. The van der Waals surface area contributed by atoms with Crippen molar-refractivity contribution in [3.8, 4) is 0 Å². The number of rotatable bonds is 10. The third kappa shape index (κ3) is 5.36. The van der Waals surface area contributed by atoms with Gasteiger partial charge in [-0.25, -0.2) is 4.79 Å². The minimum absolute atomic E-state index is 0.0842. The summed E-state index contributed by atoms with van der Waals surface area (Å²) in [5.74, 6) is 3.17. The minimum atomic E-state index is -0.952. The summed E-state index contributed by atoms with van der Waals surface area (Å²) in [6, 6.07) is -0.805. The summed E-state index contributed by atoms with van der Waals surface area (Å²) >= 11 is 0. The van der Waals surface area contributed by atoms with E-state index in [0.29, 0.717) is 54.4 Å². The summed E-state index contributed by atoms with van der Waals surface area (Å²) in [5, 5.41) is 22.5. The predicted octanol–water partition coefficient (Wildman–Crippen LogP) is 5.12. The van der Waals surface area contributed by atoms with E-state index in [1.54, 1.807) is 0 Å². The fraction of sp³-hybridized carbons (Fsp3) is 0.933. The first kappa shape index (κ1) is 27.9. The molecule has 6 nitrogen and oxygen atoms in total. The van der Waals surface area contributed by atoms with E-state index in [-0.39, 0.29) is 12.0 Å². The number of unbranched alkanes of at least 4 members (excludes halogenated alkanes) is 1. The Hall–Kier alpha value is -1.14. The summed E-state index contributed by atoms with van der Waals surface area (Å²) in [7, 11) is 0. The van der Waals surface area contributed by atoms with Crippen LogP contribution in [0.5, 0.6) is 0 Å². The molecule has 0 radical (unpaired) electrons. The highest BCUT2D eigenvalue weighted by Crippen LogP contribution is 2.68. The third-order valence-electron chi connectivity index (χ3n) is 11.8. The molecule has 4 fully saturated rings. The van der Waals surface area contributed by atoms with Crippen molar-refractivity contribution in [2.24, 2.45) is 52.1 Å². The molecular weight excluding hydrogens is 452 g/mol. The molecule has 4 aliphatic carbocycles. The van der Waals surface area contributed by atoms with Crippen LogP contribution in [0, 0.1) is 46.3 Å². The van der Waals surface area contributed by atoms with Crippen LogP contribution in [0.25, 0.3) is 0 Å². The highest BCUT2D eigenvalue weighted by Gasteiger charge is 2.60. The van der Waals surface area contributed by atoms with E-state index in [0.717, 1.165) is 43.4 Å². The number of amides is 1. The molecule has 6 heteroatoms. The standard InChI is InChI=1S/C30H52N2O4/c1-19(7-12-27(34)32-26(28(35)36)6-4-5-17-31)23-10-11-24-22-9-8-20-18-21(33)13-15-29(20,2)25(22)14-16-30(23,24)3/h19-26,33H,4-18,31H2,1-3H3,(H,32,34)(H,35,36)/t19-,20-,21-,22+,23?,24+,25+,26?,29+,30-/m1/s1. The van der Waals surface area contributed by atoms with Gasteiger partial charge in [0.1, 0.15) is 6.04 Å². The zero-order valence-corrected chi connectivity index (χ0v) is 23.0. The van der Waals surface area contributed by atoms with Gasteiger partial charge in [-0.3, -0.25) is 4.79 Å². The second-order valence-electron chi connectivity index (χ2n) is 13.6. The number of hydrogen-bond donors (Lipinski definition) is 4. The van der Waals surface area contributed by atoms with Crippen LogP contribution in [0.1, 0.15) is 111 Å². The Balaban J connectivity index is 1.33. The Labute approximate surface area is 218 Å². The summed E-state index contributed by atoms with van der Waals surface area (Å²) in [5.41, 5.74) is 6.30. The van der Waals surface area contributed by atoms with Crippen LogP contribution in [0.4, 0.5) is 0 Å². The second-order valence-corrected chi connectivity index (χ2v) is 13.6. The number of carbonyl (C=O) groups excluding carboxylic acids is 1. The number of carboxylic acids is 1. The van der Waals surface area contributed by atoms with Crippen LogP contribution < -0.4 is 11.1 Å². The molecule has 2 unspecified atom stereocenters. The van der Waals surface area contributed by atoms with E-state index in [9.17, 15) is 19.8 Å². The molecule has 0 heterocycles. The van der Waals surface area contributed by atoms with Crippen molar-refractivity contribution in [2.45, 2.75) is 123 Å². The first-order valence-corrected chi connectivity index (χ1v) is 15.0. The van der Waals surface area contributed by atoms with Crippen molar-refractivity contribution >= 4 is 11.9 Å². The molecule has 206 valence electrons. The van der Waals surface area contributed by atoms with E-state index in [1.165, 1.54) is 44.9 Å². The highest BCUT2D eigenvalue weighted by molar-refractivity contribution is 5.83. The lowest BCUT2D eigenvalue weighted by Crippen LogP contribution is -2.54. The maximum Gasteiger partial charge on any atom is 0.326 e. The molecule has 4 saturated carbocycles. The van der Waals surface area contributed by atoms with Gasteiger partial charge in [0, 0.05) is 6.42 Å². The van der Waals surface area contributed by atoms with Crippen LogP contribution in [0.3, 0.4) is 0 Å². The number of aliphatic hydroxyl groups is 1. The van der Waals surface area contributed by atoms with Gasteiger partial charge in [-0.05, 0) is 136 Å². The van der Waals surface area contributed by atoms with Crippen molar-refractivity contribution < 1.29 is 19.8 Å². The summed E-state index contributed by atoms with van der Waals surface area (Å²) < 4.78 is 0. The molecule has 4 aliphatic rings. The van der Waals surface area contributed by atoms with E-state index in [2.05, 4.69) is 26.1 Å². The van der Waals surface area contributed by atoms with Gasteiger partial charge < -0.3 is 21.3 Å². The topological polar surface area (TPSA) is 113 Å². The monoisotopic (exact) mass is 504 g/mol. The van der Waals surface area contributed by atoms with Crippen molar-refractivity contribution in [3.63, 3.8) is 0 Å². The predicted molar refractivity (Wildman–Crippen MR) is 142 cm³/mol. The molecule has 1 amide bonds. The molecule has 0 aliphatic heterocycles. The first-order valence-electron chi connectivity index (χ1n) is 15.0. The Kier molecular flexibility index (Phi) is 8.76. The Morgan fingerprint density at radius 3 is 2.42 bits per heavy atom. The number of nitrogens with two attached hydrogens (primary N) is 1. The zero-order chi connectivity index (χ0) is 26.1.